The van der Waals surface area contributed by atoms with E-state index < -0.39 is 5.91 Å². The molecule has 1 aliphatic carbocycles. The van der Waals surface area contributed by atoms with E-state index in [1.807, 2.05) is 41.3 Å². The summed E-state index contributed by atoms with van der Waals surface area (Å²) < 4.78 is 5.43. The van der Waals surface area contributed by atoms with Crippen LogP contribution in [-0.4, -0.2) is 35.6 Å². The molecule has 0 saturated carbocycles. The Kier molecular flexibility index (Phi) is 4.81. The molecule has 6 heteroatoms. The number of carbonyl (C=O) groups excluding carboxylic acids is 2. The fourth-order valence-electron chi connectivity index (χ4n) is 4.54. The van der Waals surface area contributed by atoms with Crippen molar-refractivity contribution < 1.29 is 19.5 Å². The van der Waals surface area contributed by atoms with Crippen molar-refractivity contribution in [2.24, 2.45) is 5.41 Å². The summed E-state index contributed by atoms with van der Waals surface area (Å²) >= 11 is 0. The molecule has 6 nitrogen and oxygen atoms in total. The van der Waals surface area contributed by atoms with Gasteiger partial charge < -0.3 is 9.64 Å². The number of aryl methyl sites for hydroxylation is 1. The van der Waals surface area contributed by atoms with Gasteiger partial charge in [-0.25, -0.2) is 5.48 Å². The molecule has 2 aromatic carbocycles. The smallest absolute Gasteiger partial charge is 0.274 e. The summed E-state index contributed by atoms with van der Waals surface area (Å²) in [5, 5.41) is 8.82. The first-order valence-electron chi connectivity index (χ1n) is 9.54. The molecule has 28 heavy (non-hydrogen) atoms. The normalized spacial score (nSPS) is 20.9. The largest absolute Gasteiger partial charge is 0.496 e. The summed E-state index contributed by atoms with van der Waals surface area (Å²) in [6, 6.07) is 13.2. The van der Waals surface area contributed by atoms with E-state index in [4.69, 9.17) is 9.94 Å². The van der Waals surface area contributed by atoms with Gasteiger partial charge in [-0.3, -0.25) is 14.8 Å². The van der Waals surface area contributed by atoms with Crippen LogP contribution in [0.5, 0.6) is 5.75 Å². The van der Waals surface area contributed by atoms with Crippen LogP contribution in [0.2, 0.25) is 0 Å². The average molecular weight is 380 g/mol. The molecular weight excluding hydrogens is 356 g/mol. The van der Waals surface area contributed by atoms with Crippen LogP contribution in [0.25, 0.3) is 0 Å². The van der Waals surface area contributed by atoms with Gasteiger partial charge in [0, 0.05) is 24.2 Å². The van der Waals surface area contributed by atoms with Crippen molar-refractivity contribution >= 4 is 11.8 Å². The number of fused-ring (bicyclic) bond motifs is 1. The number of hydrogen-bond acceptors (Lipinski definition) is 4. The van der Waals surface area contributed by atoms with Crippen LogP contribution in [0.1, 0.15) is 39.9 Å². The zero-order valence-corrected chi connectivity index (χ0v) is 15.9. The summed E-state index contributed by atoms with van der Waals surface area (Å²) in [4.78, 5) is 26.9. The van der Waals surface area contributed by atoms with Crippen molar-refractivity contribution in [2.45, 2.75) is 32.2 Å². The highest BCUT2D eigenvalue weighted by Crippen LogP contribution is 2.44. The van der Waals surface area contributed by atoms with Gasteiger partial charge in [0.25, 0.3) is 5.91 Å². The van der Waals surface area contributed by atoms with Crippen molar-refractivity contribution in [3.8, 4) is 5.75 Å². The number of nitrogens with one attached hydrogen (secondary N) is 1. The molecule has 2 aromatic rings. The van der Waals surface area contributed by atoms with E-state index in [9.17, 15) is 9.59 Å². The monoisotopic (exact) mass is 380 g/mol. The van der Waals surface area contributed by atoms with E-state index in [1.54, 1.807) is 18.7 Å². The highest BCUT2D eigenvalue weighted by atomic mass is 16.5. The minimum Gasteiger partial charge on any atom is -0.496 e. The van der Waals surface area contributed by atoms with Gasteiger partial charge in [0.15, 0.2) is 0 Å². The highest BCUT2D eigenvalue weighted by molar-refractivity contribution is 5.93. The zero-order chi connectivity index (χ0) is 19.7. The summed E-state index contributed by atoms with van der Waals surface area (Å²) in [6.45, 7) is 1.31. The molecule has 2 amide bonds. The van der Waals surface area contributed by atoms with Crippen LogP contribution in [0, 0.1) is 5.41 Å². The first kappa shape index (κ1) is 18.5. The Morgan fingerprint density at radius 2 is 2.04 bits per heavy atom. The second kappa shape index (κ2) is 7.28. The molecule has 0 radical (unpaired) electrons. The van der Waals surface area contributed by atoms with Crippen molar-refractivity contribution in [3.63, 3.8) is 0 Å². The number of methoxy groups -OCH3 is 1. The van der Waals surface area contributed by atoms with E-state index in [0.29, 0.717) is 18.5 Å². The minimum absolute atomic E-state index is 0.209. The fraction of sp³-hybridized carbons (Fsp3) is 0.364. The molecule has 1 spiro atoms. The predicted octanol–water partition coefficient (Wildman–Crippen LogP) is 2.72. The number of rotatable bonds is 4. The number of para-hydroxylation sites is 1. The van der Waals surface area contributed by atoms with E-state index in [2.05, 4.69) is 0 Å². The summed E-state index contributed by atoms with van der Waals surface area (Å²) in [7, 11) is 1.65. The molecule has 0 aromatic heterocycles. The third-order valence-corrected chi connectivity index (χ3v) is 6.13. The molecule has 1 aliphatic heterocycles. The quantitative estimate of drug-likeness (QED) is 0.631. The van der Waals surface area contributed by atoms with Gasteiger partial charge in [0.1, 0.15) is 5.75 Å². The minimum atomic E-state index is -0.511. The Balaban J connectivity index is 1.53. The van der Waals surface area contributed by atoms with Gasteiger partial charge in [-0.05, 0) is 55.0 Å². The second-order valence-electron chi connectivity index (χ2n) is 7.67. The van der Waals surface area contributed by atoms with Crippen molar-refractivity contribution in [3.05, 3.63) is 64.7 Å². The Bertz CT molecular complexity index is 927. The summed E-state index contributed by atoms with van der Waals surface area (Å²) in [6.07, 6.45) is 3.09. The lowest BCUT2D eigenvalue weighted by Gasteiger charge is -2.33. The molecule has 4 rings (SSSR count). The predicted molar refractivity (Wildman–Crippen MR) is 103 cm³/mol. The zero-order valence-electron chi connectivity index (χ0n) is 15.9. The maximum Gasteiger partial charge on any atom is 0.274 e. The van der Waals surface area contributed by atoms with Crippen molar-refractivity contribution in [1.82, 2.24) is 10.4 Å². The Hall–Kier alpha value is -2.86. The van der Waals surface area contributed by atoms with Crippen LogP contribution < -0.4 is 10.2 Å². The van der Waals surface area contributed by atoms with E-state index in [1.165, 1.54) is 0 Å². The SMILES string of the molecule is COc1ccccc1CN1CC[C@]2(CCc3cc(C(=O)NO)ccc3C2)C1=O. The van der Waals surface area contributed by atoms with Crippen LogP contribution >= 0.6 is 0 Å². The fourth-order valence-corrected chi connectivity index (χ4v) is 4.54. The lowest BCUT2D eigenvalue weighted by atomic mass is 9.70. The highest BCUT2D eigenvalue weighted by Gasteiger charge is 2.48. The molecule has 0 bridgehead atoms. The standard InChI is InChI=1S/C22H24N2O4/c1-28-19-5-3-2-4-18(19)14-24-11-10-22(21(24)26)9-8-15-12-16(20(25)23-27)6-7-17(15)13-22/h2-7,12,27H,8-11,13-14H2,1H3,(H,23,25)/t22-/m0/s1. The number of nitrogens with zero attached hydrogens (tertiary/aromatic N) is 1. The molecule has 2 aliphatic rings. The summed E-state index contributed by atoms with van der Waals surface area (Å²) in [5.74, 6) is 0.504. The third kappa shape index (κ3) is 3.14. The summed E-state index contributed by atoms with van der Waals surface area (Å²) in [5.41, 5.74) is 4.98. The van der Waals surface area contributed by atoms with Gasteiger partial charge in [-0.15, -0.1) is 0 Å². The number of benzene rings is 2. The Morgan fingerprint density at radius 3 is 2.82 bits per heavy atom. The van der Waals surface area contributed by atoms with Gasteiger partial charge in [0.05, 0.1) is 12.5 Å². The van der Waals surface area contributed by atoms with Gasteiger partial charge in [0.2, 0.25) is 5.91 Å². The topological polar surface area (TPSA) is 78.9 Å². The van der Waals surface area contributed by atoms with Gasteiger partial charge >= 0.3 is 0 Å². The number of carbonyl (C=O) groups is 2. The molecule has 1 atom stereocenters. The van der Waals surface area contributed by atoms with Crippen molar-refractivity contribution in [2.75, 3.05) is 13.7 Å². The number of ether oxygens (including phenoxy) is 1. The van der Waals surface area contributed by atoms with Crippen LogP contribution in [0.3, 0.4) is 0 Å². The maximum absolute atomic E-state index is 13.3. The van der Waals surface area contributed by atoms with Gasteiger partial charge in [-0.2, -0.15) is 0 Å². The number of amides is 2. The molecule has 146 valence electrons. The number of likely N-dealkylation sites (tertiary alicyclic amines) is 1. The molecule has 1 heterocycles. The molecule has 2 N–H and O–H groups in total. The molecule has 0 unspecified atom stereocenters. The lowest BCUT2D eigenvalue weighted by Crippen LogP contribution is -2.38. The lowest BCUT2D eigenvalue weighted by molar-refractivity contribution is -0.137. The van der Waals surface area contributed by atoms with E-state index in [-0.39, 0.29) is 11.3 Å². The first-order valence-corrected chi connectivity index (χ1v) is 9.54. The number of hydroxylamine groups is 1. The van der Waals surface area contributed by atoms with Crippen LogP contribution in [-0.2, 0) is 24.2 Å². The Labute approximate surface area is 164 Å². The van der Waals surface area contributed by atoms with E-state index in [0.717, 1.165) is 48.2 Å². The molecule has 1 saturated heterocycles. The molecule has 1 fully saturated rings. The van der Waals surface area contributed by atoms with Crippen LogP contribution in [0.4, 0.5) is 0 Å². The maximum atomic E-state index is 13.3. The first-order chi connectivity index (χ1) is 13.6. The third-order valence-electron chi connectivity index (χ3n) is 6.13. The Morgan fingerprint density at radius 1 is 1.21 bits per heavy atom. The molecular formula is C22H24N2O4. The van der Waals surface area contributed by atoms with Gasteiger partial charge in [-0.1, -0.05) is 24.3 Å². The number of hydrogen-bond donors (Lipinski definition) is 2. The average Bonchev–Trinajstić information content (AvgIpc) is 3.02. The van der Waals surface area contributed by atoms with E-state index >= 15 is 0 Å². The van der Waals surface area contributed by atoms with Crippen LogP contribution in [0.15, 0.2) is 42.5 Å². The van der Waals surface area contributed by atoms with Crippen molar-refractivity contribution in [1.29, 1.82) is 0 Å². The second-order valence-corrected chi connectivity index (χ2v) is 7.67.